The molecule has 0 bridgehead atoms. The number of amides is 1. The van der Waals surface area contributed by atoms with Crippen LogP contribution < -0.4 is 11.1 Å². The van der Waals surface area contributed by atoms with E-state index in [1.165, 1.54) is 44.9 Å². The lowest BCUT2D eigenvalue weighted by Crippen LogP contribution is -2.48. The van der Waals surface area contributed by atoms with Crippen molar-refractivity contribution in [2.75, 3.05) is 12.3 Å². The van der Waals surface area contributed by atoms with Gasteiger partial charge in [-0.3, -0.25) is 4.79 Å². The predicted octanol–water partition coefficient (Wildman–Crippen LogP) is 2.93. The van der Waals surface area contributed by atoms with Crippen LogP contribution in [0.4, 0.5) is 0 Å². The monoisotopic (exact) mass is 286 g/mol. The normalized spacial score (nSPS) is 19.9. The maximum atomic E-state index is 12.2. The van der Waals surface area contributed by atoms with Gasteiger partial charge in [0.25, 0.3) is 0 Å². The van der Waals surface area contributed by atoms with Gasteiger partial charge in [0.05, 0.1) is 5.25 Å². The molecule has 0 aliphatic heterocycles. The van der Waals surface area contributed by atoms with E-state index < -0.39 is 0 Å². The summed E-state index contributed by atoms with van der Waals surface area (Å²) >= 11 is 1.76. The van der Waals surface area contributed by atoms with Gasteiger partial charge in [-0.1, -0.05) is 32.6 Å². The zero-order valence-electron chi connectivity index (χ0n) is 12.5. The van der Waals surface area contributed by atoms with Gasteiger partial charge in [-0.15, -0.1) is 11.8 Å². The summed E-state index contributed by atoms with van der Waals surface area (Å²) in [7, 11) is 0. The largest absolute Gasteiger partial charge is 0.351 e. The predicted molar refractivity (Wildman–Crippen MR) is 84.4 cm³/mol. The molecule has 1 aliphatic carbocycles. The molecule has 1 fully saturated rings. The number of nitrogens with two attached hydrogens (primary N) is 1. The molecule has 2 atom stereocenters. The smallest absolute Gasteiger partial charge is 0.233 e. The summed E-state index contributed by atoms with van der Waals surface area (Å²) in [5, 5.41) is 3.22. The Morgan fingerprint density at radius 2 is 2.05 bits per heavy atom. The summed E-state index contributed by atoms with van der Waals surface area (Å²) in [6.45, 7) is 4.76. The van der Waals surface area contributed by atoms with Gasteiger partial charge in [0.2, 0.25) is 5.91 Å². The molecule has 2 unspecified atom stereocenters. The van der Waals surface area contributed by atoms with E-state index in [-0.39, 0.29) is 17.2 Å². The van der Waals surface area contributed by atoms with Crippen molar-refractivity contribution in [1.29, 1.82) is 0 Å². The summed E-state index contributed by atoms with van der Waals surface area (Å²) in [5.74, 6) is 1.83. The van der Waals surface area contributed by atoms with E-state index in [4.69, 9.17) is 5.73 Å². The summed E-state index contributed by atoms with van der Waals surface area (Å²) in [4.78, 5) is 12.2. The molecule has 0 radical (unpaired) electrons. The molecular formula is C15H30N2OS. The van der Waals surface area contributed by atoms with Crippen LogP contribution in [0.25, 0.3) is 0 Å². The van der Waals surface area contributed by atoms with Gasteiger partial charge in [0, 0.05) is 12.6 Å². The lowest BCUT2D eigenvalue weighted by Gasteiger charge is -2.30. The van der Waals surface area contributed by atoms with E-state index in [1.807, 2.05) is 6.92 Å². The Bertz CT molecular complexity index is 255. The molecule has 1 amide bonds. The molecule has 0 saturated heterocycles. The van der Waals surface area contributed by atoms with Crippen LogP contribution in [-0.4, -0.2) is 29.5 Å². The van der Waals surface area contributed by atoms with Crippen LogP contribution in [0, 0.1) is 5.92 Å². The van der Waals surface area contributed by atoms with Gasteiger partial charge in [0.15, 0.2) is 0 Å². The molecule has 0 aromatic carbocycles. The molecule has 1 rings (SSSR count). The van der Waals surface area contributed by atoms with Crippen LogP contribution >= 0.6 is 11.8 Å². The van der Waals surface area contributed by atoms with Crippen LogP contribution in [0.2, 0.25) is 0 Å². The minimum atomic E-state index is 0.0455. The van der Waals surface area contributed by atoms with Crippen molar-refractivity contribution in [2.45, 2.75) is 70.1 Å². The van der Waals surface area contributed by atoms with Crippen molar-refractivity contribution in [2.24, 2.45) is 11.7 Å². The molecule has 4 heteroatoms. The van der Waals surface area contributed by atoms with E-state index in [0.29, 0.717) is 12.5 Å². The Balaban J connectivity index is 2.34. The second-order valence-electron chi connectivity index (χ2n) is 5.62. The maximum Gasteiger partial charge on any atom is 0.233 e. The first-order valence-corrected chi connectivity index (χ1v) is 8.86. The lowest BCUT2D eigenvalue weighted by atomic mass is 9.84. The van der Waals surface area contributed by atoms with Crippen molar-refractivity contribution >= 4 is 17.7 Å². The molecule has 3 N–H and O–H groups in total. The van der Waals surface area contributed by atoms with E-state index in [2.05, 4.69) is 12.2 Å². The van der Waals surface area contributed by atoms with E-state index in [9.17, 15) is 4.79 Å². The Kier molecular flexibility index (Phi) is 8.55. The summed E-state index contributed by atoms with van der Waals surface area (Å²) in [5.41, 5.74) is 5.85. The maximum absolute atomic E-state index is 12.2. The molecule has 112 valence electrons. The van der Waals surface area contributed by atoms with Crippen LogP contribution in [0.15, 0.2) is 0 Å². The number of carbonyl (C=O) groups is 1. The van der Waals surface area contributed by atoms with E-state index in [0.717, 1.165) is 5.75 Å². The molecule has 0 aromatic rings. The molecule has 0 aromatic heterocycles. The van der Waals surface area contributed by atoms with E-state index >= 15 is 0 Å². The molecule has 1 saturated carbocycles. The number of hydrogen-bond donors (Lipinski definition) is 2. The average Bonchev–Trinajstić information content (AvgIpc) is 2.45. The Morgan fingerprint density at radius 3 is 2.63 bits per heavy atom. The number of rotatable bonds is 8. The Labute approximate surface area is 122 Å². The fourth-order valence-corrected chi connectivity index (χ4v) is 3.71. The van der Waals surface area contributed by atoms with Gasteiger partial charge in [-0.25, -0.2) is 0 Å². The highest BCUT2D eigenvalue weighted by Gasteiger charge is 2.25. The van der Waals surface area contributed by atoms with Crippen molar-refractivity contribution < 1.29 is 4.79 Å². The molecule has 3 nitrogen and oxygen atoms in total. The van der Waals surface area contributed by atoms with Crippen molar-refractivity contribution in [3.8, 4) is 0 Å². The summed E-state index contributed by atoms with van der Waals surface area (Å²) in [6.07, 6.45) is 8.74. The standard InChI is InChI=1S/C15H30N2OS/c1-3-4-10-19-12(2)15(18)17-14(11-16)13-8-6-5-7-9-13/h12-14H,3-11,16H2,1-2H3,(H,17,18). The van der Waals surface area contributed by atoms with Crippen LogP contribution in [-0.2, 0) is 4.79 Å². The lowest BCUT2D eigenvalue weighted by molar-refractivity contribution is -0.121. The SMILES string of the molecule is CCCCSC(C)C(=O)NC(CN)C1CCCCC1. The topological polar surface area (TPSA) is 55.1 Å². The van der Waals surface area contributed by atoms with Crippen LogP contribution in [0.5, 0.6) is 0 Å². The fourth-order valence-electron chi connectivity index (χ4n) is 2.69. The fraction of sp³-hybridized carbons (Fsp3) is 0.933. The highest BCUT2D eigenvalue weighted by Crippen LogP contribution is 2.26. The number of unbranched alkanes of at least 4 members (excludes halogenated alkanes) is 1. The highest BCUT2D eigenvalue weighted by molar-refractivity contribution is 8.00. The van der Waals surface area contributed by atoms with Crippen LogP contribution in [0.3, 0.4) is 0 Å². The number of nitrogens with one attached hydrogen (secondary N) is 1. The summed E-state index contributed by atoms with van der Waals surface area (Å²) < 4.78 is 0. The van der Waals surface area contributed by atoms with Gasteiger partial charge in [0.1, 0.15) is 0 Å². The quantitative estimate of drug-likeness (QED) is 0.675. The summed E-state index contributed by atoms with van der Waals surface area (Å²) in [6, 6.07) is 0.182. The number of carbonyl (C=O) groups excluding carboxylic acids is 1. The van der Waals surface area contributed by atoms with Gasteiger partial charge >= 0.3 is 0 Å². The van der Waals surface area contributed by atoms with Crippen molar-refractivity contribution in [3.05, 3.63) is 0 Å². The third kappa shape index (κ3) is 6.17. The zero-order chi connectivity index (χ0) is 14.1. The first kappa shape index (κ1) is 16.8. The third-order valence-corrected chi connectivity index (χ3v) is 5.27. The Hall–Kier alpha value is -0.220. The van der Waals surface area contributed by atoms with Crippen molar-refractivity contribution in [3.63, 3.8) is 0 Å². The highest BCUT2D eigenvalue weighted by atomic mass is 32.2. The molecule has 0 heterocycles. The van der Waals surface area contributed by atoms with Gasteiger partial charge in [-0.2, -0.15) is 0 Å². The van der Waals surface area contributed by atoms with E-state index in [1.54, 1.807) is 11.8 Å². The molecule has 0 spiro atoms. The zero-order valence-corrected chi connectivity index (χ0v) is 13.3. The third-order valence-electron chi connectivity index (χ3n) is 4.04. The van der Waals surface area contributed by atoms with Gasteiger partial charge < -0.3 is 11.1 Å². The molecular weight excluding hydrogens is 256 g/mol. The Morgan fingerprint density at radius 1 is 1.37 bits per heavy atom. The average molecular weight is 286 g/mol. The first-order chi connectivity index (χ1) is 9.19. The van der Waals surface area contributed by atoms with Crippen LogP contribution in [0.1, 0.15) is 58.8 Å². The van der Waals surface area contributed by atoms with Crippen molar-refractivity contribution in [1.82, 2.24) is 5.32 Å². The minimum absolute atomic E-state index is 0.0455. The molecule has 1 aliphatic rings. The number of hydrogen-bond acceptors (Lipinski definition) is 3. The minimum Gasteiger partial charge on any atom is -0.351 e. The molecule has 19 heavy (non-hydrogen) atoms. The first-order valence-electron chi connectivity index (χ1n) is 7.81. The second-order valence-corrected chi connectivity index (χ2v) is 7.06. The van der Waals surface area contributed by atoms with Gasteiger partial charge in [-0.05, 0) is 37.9 Å². The second kappa shape index (κ2) is 9.65. The number of thioether (sulfide) groups is 1.